The molecule has 3 rings (SSSR count). The average Bonchev–Trinajstić information content (AvgIpc) is 2.82. The summed E-state index contributed by atoms with van der Waals surface area (Å²) in [7, 11) is 2.23. The van der Waals surface area contributed by atoms with Crippen molar-refractivity contribution in [2.45, 2.75) is 37.3 Å². The van der Waals surface area contributed by atoms with Crippen LogP contribution in [0.1, 0.15) is 31.1 Å². The Morgan fingerprint density at radius 2 is 2.46 bits per heavy atom. The predicted molar refractivity (Wildman–Crippen MR) is 48.4 cm³/mol. The predicted octanol–water partition coefficient (Wildman–Crippen LogP) is 1.62. The number of hydrogen-bond donors (Lipinski definition) is 0. The van der Waals surface area contributed by atoms with Gasteiger partial charge in [-0.3, -0.25) is 4.90 Å². The van der Waals surface area contributed by atoms with Crippen molar-refractivity contribution < 1.29 is 4.42 Å². The zero-order valence-electron chi connectivity index (χ0n) is 7.81. The largest absolute Gasteiger partial charge is 0.449 e. The first-order chi connectivity index (χ1) is 6.36. The van der Waals surface area contributed by atoms with Gasteiger partial charge < -0.3 is 4.42 Å². The van der Waals surface area contributed by atoms with Crippen molar-refractivity contribution in [1.82, 2.24) is 9.88 Å². The van der Waals surface area contributed by atoms with E-state index in [0.717, 1.165) is 11.9 Å². The van der Waals surface area contributed by atoms with E-state index in [0.29, 0.717) is 12.0 Å². The lowest BCUT2D eigenvalue weighted by Gasteiger charge is -2.18. The van der Waals surface area contributed by atoms with Gasteiger partial charge >= 0.3 is 0 Å². The summed E-state index contributed by atoms with van der Waals surface area (Å²) in [5, 5.41) is 0. The molecule has 3 atom stereocenters. The van der Waals surface area contributed by atoms with Crippen molar-refractivity contribution >= 4 is 0 Å². The highest BCUT2D eigenvalue weighted by Crippen LogP contribution is 2.45. The van der Waals surface area contributed by atoms with E-state index in [1.165, 1.54) is 19.3 Å². The summed E-state index contributed by atoms with van der Waals surface area (Å²) in [5.41, 5.74) is 0. The van der Waals surface area contributed by atoms with Crippen molar-refractivity contribution in [3.63, 3.8) is 0 Å². The molecule has 2 aliphatic rings. The summed E-state index contributed by atoms with van der Waals surface area (Å²) >= 11 is 0. The number of rotatable bonds is 1. The molecule has 0 aromatic carbocycles. The number of aromatic nitrogens is 1. The van der Waals surface area contributed by atoms with Gasteiger partial charge in [-0.15, -0.1) is 0 Å². The first-order valence-corrected chi connectivity index (χ1v) is 4.97. The molecule has 2 fully saturated rings. The van der Waals surface area contributed by atoms with Gasteiger partial charge in [0.15, 0.2) is 5.89 Å². The number of likely N-dealkylation sites (N-methyl/N-ethyl adjacent to an activating group) is 1. The summed E-state index contributed by atoms with van der Waals surface area (Å²) in [5.74, 6) is 1.50. The van der Waals surface area contributed by atoms with E-state index in [-0.39, 0.29) is 0 Å². The van der Waals surface area contributed by atoms with E-state index < -0.39 is 0 Å². The van der Waals surface area contributed by atoms with Gasteiger partial charge in [-0.25, -0.2) is 4.98 Å². The fourth-order valence-corrected chi connectivity index (χ4v) is 2.94. The van der Waals surface area contributed by atoms with Crippen LogP contribution >= 0.6 is 0 Å². The summed E-state index contributed by atoms with van der Waals surface area (Å²) in [6.45, 7) is 0. The lowest BCUT2D eigenvalue weighted by Crippen LogP contribution is -2.25. The number of fused-ring (bicyclic) bond motifs is 2. The Balaban J connectivity index is 1.89. The molecular formula is C10H14N2O. The maximum absolute atomic E-state index is 5.38. The second-order valence-electron chi connectivity index (χ2n) is 4.18. The Bertz CT molecular complexity index is 296. The summed E-state index contributed by atoms with van der Waals surface area (Å²) in [4.78, 5) is 6.75. The van der Waals surface area contributed by atoms with Gasteiger partial charge in [0.2, 0.25) is 0 Å². The molecule has 0 saturated carbocycles. The van der Waals surface area contributed by atoms with E-state index in [1.807, 2.05) is 0 Å². The van der Waals surface area contributed by atoms with Crippen LogP contribution in [0.3, 0.4) is 0 Å². The van der Waals surface area contributed by atoms with E-state index in [4.69, 9.17) is 4.42 Å². The molecule has 0 amide bonds. The maximum Gasteiger partial charge on any atom is 0.198 e. The zero-order chi connectivity index (χ0) is 8.84. The van der Waals surface area contributed by atoms with Gasteiger partial charge in [-0.1, -0.05) is 0 Å². The Morgan fingerprint density at radius 3 is 3.00 bits per heavy atom. The third kappa shape index (κ3) is 0.967. The number of hydrogen-bond acceptors (Lipinski definition) is 3. The van der Waals surface area contributed by atoms with Crippen LogP contribution in [0.4, 0.5) is 0 Å². The molecule has 0 spiro atoms. The second kappa shape index (κ2) is 2.58. The number of nitrogens with zero attached hydrogens (tertiary/aromatic N) is 2. The third-order valence-electron chi connectivity index (χ3n) is 3.65. The normalized spacial score (nSPS) is 38.7. The minimum atomic E-state index is 0.554. The van der Waals surface area contributed by atoms with Gasteiger partial charge in [0.05, 0.1) is 12.1 Å². The molecule has 0 radical (unpaired) electrons. The van der Waals surface area contributed by atoms with Crippen molar-refractivity contribution in [3.05, 3.63) is 18.4 Å². The van der Waals surface area contributed by atoms with E-state index in [2.05, 4.69) is 16.9 Å². The van der Waals surface area contributed by atoms with Crippen LogP contribution in [0.5, 0.6) is 0 Å². The topological polar surface area (TPSA) is 29.3 Å². The Kier molecular flexibility index (Phi) is 1.50. The number of oxazole rings is 1. The van der Waals surface area contributed by atoms with Gasteiger partial charge in [0.1, 0.15) is 6.26 Å². The van der Waals surface area contributed by atoms with Crippen LogP contribution in [0.2, 0.25) is 0 Å². The molecule has 70 valence electrons. The van der Waals surface area contributed by atoms with Gasteiger partial charge in [-0.2, -0.15) is 0 Å². The molecule has 2 bridgehead atoms. The molecule has 3 unspecified atom stereocenters. The zero-order valence-corrected chi connectivity index (χ0v) is 7.81. The third-order valence-corrected chi connectivity index (χ3v) is 3.65. The average molecular weight is 178 g/mol. The SMILES string of the molecule is CN1C2CCC1C(c1ncco1)C2. The minimum absolute atomic E-state index is 0.554. The van der Waals surface area contributed by atoms with Crippen molar-refractivity contribution in [2.24, 2.45) is 0 Å². The van der Waals surface area contributed by atoms with E-state index >= 15 is 0 Å². The summed E-state index contributed by atoms with van der Waals surface area (Å²) < 4.78 is 5.38. The Labute approximate surface area is 77.7 Å². The van der Waals surface area contributed by atoms with Crippen LogP contribution < -0.4 is 0 Å². The smallest absolute Gasteiger partial charge is 0.198 e. The molecule has 3 nitrogen and oxygen atoms in total. The highest BCUT2D eigenvalue weighted by Gasteiger charge is 2.46. The van der Waals surface area contributed by atoms with Crippen LogP contribution in [-0.2, 0) is 0 Å². The molecule has 0 aliphatic carbocycles. The van der Waals surface area contributed by atoms with Crippen LogP contribution in [-0.4, -0.2) is 29.0 Å². The highest BCUT2D eigenvalue weighted by atomic mass is 16.3. The summed E-state index contributed by atoms with van der Waals surface area (Å²) in [6, 6.07) is 1.46. The standard InChI is InChI=1S/C10H14N2O/c1-12-7-2-3-9(12)8(6-7)10-11-4-5-13-10/h4-5,7-9H,2-3,6H2,1H3. The van der Waals surface area contributed by atoms with Gasteiger partial charge in [0, 0.05) is 12.1 Å². The monoisotopic (exact) mass is 178 g/mol. The highest BCUT2D eigenvalue weighted by molar-refractivity contribution is 5.10. The van der Waals surface area contributed by atoms with Gasteiger partial charge in [-0.05, 0) is 26.3 Å². The van der Waals surface area contributed by atoms with Crippen molar-refractivity contribution in [1.29, 1.82) is 0 Å². The molecule has 0 N–H and O–H groups in total. The minimum Gasteiger partial charge on any atom is -0.449 e. The first kappa shape index (κ1) is 7.56. The van der Waals surface area contributed by atoms with Crippen molar-refractivity contribution in [3.8, 4) is 0 Å². The second-order valence-corrected chi connectivity index (χ2v) is 4.18. The van der Waals surface area contributed by atoms with E-state index in [1.54, 1.807) is 12.5 Å². The Morgan fingerprint density at radius 1 is 1.54 bits per heavy atom. The maximum atomic E-state index is 5.38. The molecule has 2 aliphatic heterocycles. The molecule has 3 heterocycles. The molecule has 2 saturated heterocycles. The Hall–Kier alpha value is -0.830. The van der Waals surface area contributed by atoms with Crippen LogP contribution in [0.15, 0.2) is 16.9 Å². The molecule has 1 aromatic rings. The fraction of sp³-hybridized carbons (Fsp3) is 0.700. The molecule has 3 heteroatoms. The van der Waals surface area contributed by atoms with Gasteiger partial charge in [0.25, 0.3) is 0 Å². The lowest BCUT2D eigenvalue weighted by atomic mass is 9.89. The molecule has 13 heavy (non-hydrogen) atoms. The first-order valence-electron chi connectivity index (χ1n) is 4.97. The lowest BCUT2D eigenvalue weighted by molar-refractivity contribution is 0.297. The molecular weight excluding hydrogens is 164 g/mol. The van der Waals surface area contributed by atoms with Crippen molar-refractivity contribution in [2.75, 3.05) is 7.05 Å². The summed E-state index contributed by atoms with van der Waals surface area (Å²) in [6.07, 6.45) is 7.34. The fourth-order valence-electron chi connectivity index (χ4n) is 2.94. The van der Waals surface area contributed by atoms with Crippen LogP contribution in [0, 0.1) is 0 Å². The van der Waals surface area contributed by atoms with Crippen LogP contribution in [0.25, 0.3) is 0 Å². The molecule has 1 aromatic heterocycles. The quantitative estimate of drug-likeness (QED) is 0.654. The van der Waals surface area contributed by atoms with E-state index in [9.17, 15) is 0 Å².